The van der Waals surface area contributed by atoms with E-state index in [-0.39, 0.29) is 12.1 Å². The molecule has 0 saturated carbocycles. The standard InChI is InChI=1S/C23H25NO2/c1-13-4-5-15-16(8-13)17-9-14(2)23(26-3)11-19(17)18-10-21-22(25)6-7-24(21)12-20(15)18/h4-5,8-9,11,21-22,25H,6-7,10,12H2,1-3H3/t21-,22+/m0/s1. The average molecular weight is 347 g/mol. The van der Waals surface area contributed by atoms with Crippen molar-refractivity contribution in [1.29, 1.82) is 0 Å². The summed E-state index contributed by atoms with van der Waals surface area (Å²) in [6.45, 7) is 6.20. The van der Waals surface area contributed by atoms with Crippen molar-refractivity contribution in [3.05, 3.63) is 52.6 Å². The van der Waals surface area contributed by atoms with Crippen LogP contribution in [0.3, 0.4) is 0 Å². The molecular weight excluding hydrogens is 322 g/mol. The summed E-state index contributed by atoms with van der Waals surface area (Å²) in [7, 11) is 1.74. The van der Waals surface area contributed by atoms with E-state index in [1.165, 1.54) is 43.8 Å². The van der Waals surface area contributed by atoms with Crippen LogP contribution in [0.15, 0.2) is 30.3 Å². The van der Waals surface area contributed by atoms with Crippen molar-refractivity contribution in [2.24, 2.45) is 0 Å². The number of hydrogen-bond donors (Lipinski definition) is 1. The van der Waals surface area contributed by atoms with Crippen LogP contribution in [0.4, 0.5) is 0 Å². The molecule has 0 aromatic heterocycles. The molecule has 5 rings (SSSR count). The van der Waals surface area contributed by atoms with Crippen LogP contribution in [0.2, 0.25) is 0 Å². The molecule has 1 N–H and O–H groups in total. The molecule has 0 bridgehead atoms. The Bertz CT molecular complexity index is 1040. The number of rotatable bonds is 1. The zero-order valence-electron chi connectivity index (χ0n) is 15.7. The quantitative estimate of drug-likeness (QED) is 0.673. The molecule has 2 aliphatic rings. The van der Waals surface area contributed by atoms with Gasteiger partial charge < -0.3 is 9.84 Å². The molecule has 2 heterocycles. The molecule has 3 heteroatoms. The second-order valence-corrected chi connectivity index (χ2v) is 7.97. The third-order valence-electron chi connectivity index (χ3n) is 6.41. The normalized spacial score (nSPS) is 22.6. The third kappa shape index (κ3) is 2.20. The van der Waals surface area contributed by atoms with E-state index in [1.54, 1.807) is 7.11 Å². The van der Waals surface area contributed by atoms with Crippen LogP contribution in [0.25, 0.3) is 21.5 Å². The van der Waals surface area contributed by atoms with Crippen molar-refractivity contribution in [2.45, 2.75) is 45.4 Å². The summed E-state index contributed by atoms with van der Waals surface area (Å²) in [6, 6.07) is 11.6. The van der Waals surface area contributed by atoms with E-state index in [0.29, 0.717) is 0 Å². The molecule has 26 heavy (non-hydrogen) atoms. The summed E-state index contributed by atoms with van der Waals surface area (Å²) < 4.78 is 5.63. The molecule has 0 spiro atoms. The van der Waals surface area contributed by atoms with Gasteiger partial charge in [0.25, 0.3) is 0 Å². The van der Waals surface area contributed by atoms with Crippen LogP contribution < -0.4 is 4.74 Å². The van der Waals surface area contributed by atoms with E-state index in [2.05, 4.69) is 49.1 Å². The van der Waals surface area contributed by atoms with Gasteiger partial charge in [0.05, 0.1) is 13.2 Å². The Kier molecular flexibility index (Phi) is 3.53. The Balaban J connectivity index is 1.88. The number of aryl methyl sites for hydroxylation is 2. The lowest BCUT2D eigenvalue weighted by Crippen LogP contribution is -2.40. The molecule has 3 aromatic carbocycles. The van der Waals surface area contributed by atoms with Crippen molar-refractivity contribution in [2.75, 3.05) is 13.7 Å². The summed E-state index contributed by atoms with van der Waals surface area (Å²) in [5.41, 5.74) is 5.29. The van der Waals surface area contributed by atoms with E-state index in [9.17, 15) is 5.11 Å². The lowest BCUT2D eigenvalue weighted by atomic mass is 9.84. The average Bonchev–Trinajstić information content (AvgIpc) is 3.00. The van der Waals surface area contributed by atoms with E-state index in [0.717, 1.165) is 31.7 Å². The number of methoxy groups -OCH3 is 1. The monoisotopic (exact) mass is 347 g/mol. The fraction of sp³-hybridized carbons (Fsp3) is 0.391. The Morgan fingerprint density at radius 1 is 1.00 bits per heavy atom. The molecule has 0 radical (unpaired) electrons. The van der Waals surface area contributed by atoms with Crippen LogP contribution in [-0.2, 0) is 13.0 Å². The van der Waals surface area contributed by atoms with Gasteiger partial charge in [-0.1, -0.05) is 23.8 Å². The van der Waals surface area contributed by atoms with Gasteiger partial charge in [0.15, 0.2) is 0 Å². The highest BCUT2D eigenvalue weighted by Crippen LogP contribution is 2.42. The van der Waals surface area contributed by atoms with Crippen LogP contribution in [0.5, 0.6) is 5.75 Å². The van der Waals surface area contributed by atoms with Crippen molar-refractivity contribution >= 4 is 21.5 Å². The van der Waals surface area contributed by atoms with E-state index >= 15 is 0 Å². The number of ether oxygens (including phenoxy) is 1. The molecule has 2 aliphatic heterocycles. The number of nitrogens with zero attached hydrogens (tertiary/aromatic N) is 1. The second-order valence-electron chi connectivity index (χ2n) is 7.97. The van der Waals surface area contributed by atoms with Crippen molar-refractivity contribution < 1.29 is 9.84 Å². The molecule has 3 nitrogen and oxygen atoms in total. The number of aliphatic hydroxyl groups is 1. The molecule has 3 aromatic rings. The zero-order valence-corrected chi connectivity index (χ0v) is 15.7. The fourth-order valence-electron chi connectivity index (χ4n) is 5.04. The predicted octanol–water partition coefficient (Wildman–Crippen LogP) is 4.11. The minimum atomic E-state index is -0.209. The molecule has 0 unspecified atom stereocenters. The summed E-state index contributed by atoms with van der Waals surface area (Å²) in [4.78, 5) is 2.46. The summed E-state index contributed by atoms with van der Waals surface area (Å²) in [5, 5.41) is 15.7. The maximum atomic E-state index is 10.5. The largest absolute Gasteiger partial charge is 0.496 e. The summed E-state index contributed by atoms with van der Waals surface area (Å²) in [6.07, 6.45) is 1.60. The van der Waals surface area contributed by atoms with Gasteiger partial charge in [-0.25, -0.2) is 0 Å². The highest BCUT2D eigenvalue weighted by atomic mass is 16.5. The van der Waals surface area contributed by atoms with Crippen LogP contribution in [-0.4, -0.2) is 35.8 Å². The highest BCUT2D eigenvalue weighted by Gasteiger charge is 2.37. The summed E-state index contributed by atoms with van der Waals surface area (Å²) in [5.74, 6) is 0.945. The highest BCUT2D eigenvalue weighted by molar-refractivity contribution is 6.11. The Hall–Kier alpha value is -2.10. The Labute approximate surface area is 154 Å². The topological polar surface area (TPSA) is 32.7 Å². The van der Waals surface area contributed by atoms with Gasteiger partial charge in [-0.2, -0.15) is 0 Å². The molecule has 2 atom stereocenters. The van der Waals surface area contributed by atoms with Gasteiger partial charge in [-0.3, -0.25) is 4.90 Å². The maximum Gasteiger partial charge on any atom is 0.122 e. The minimum Gasteiger partial charge on any atom is -0.496 e. The number of benzene rings is 3. The number of fused-ring (bicyclic) bond motifs is 7. The Morgan fingerprint density at radius 2 is 1.81 bits per heavy atom. The second kappa shape index (κ2) is 5.70. The molecule has 134 valence electrons. The molecule has 0 amide bonds. The van der Waals surface area contributed by atoms with Gasteiger partial charge in [0.1, 0.15) is 5.75 Å². The molecular formula is C23H25NO2. The van der Waals surface area contributed by atoms with Gasteiger partial charge in [-0.05, 0) is 77.1 Å². The fourth-order valence-corrected chi connectivity index (χ4v) is 5.04. The van der Waals surface area contributed by atoms with E-state index in [1.807, 2.05) is 0 Å². The predicted molar refractivity (Wildman–Crippen MR) is 106 cm³/mol. The van der Waals surface area contributed by atoms with Crippen molar-refractivity contribution in [1.82, 2.24) is 4.90 Å². The van der Waals surface area contributed by atoms with Crippen molar-refractivity contribution in [3.8, 4) is 5.75 Å². The third-order valence-corrected chi connectivity index (χ3v) is 6.41. The van der Waals surface area contributed by atoms with Crippen LogP contribution in [0.1, 0.15) is 28.7 Å². The van der Waals surface area contributed by atoms with Crippen LogP contribution >= 0.6 is 0 Å². The van der Waals surface area contributed by atoms with E-state index in [4.69, 9.17) is 4.74 Å². The summed E-state index contributed by atoms with van der Waals surface area (Å²) >= 11 is 0. The SMILES string of the molecule is COc1cc2c3c(c4ccc(C)cc4c2cc1C)CN1CC[C@@H](O)[C@@H]1C3. The van der Waals surface area contributed by atoms with Gasteiger partial charge >= 0.3 is 0 Å². The lowest BCUT2D eigenvalue weighted by Gasteiger charge is -2.34. The first kappa shape index (κ1) is 16.1. The minimum absolute atomic E-state index is 0.209. The van der Waals surface area contributed by atoms with Gasteiger partial charge in [-0.15, -0.1) is 0 Å². The van der Waals surface area contributed by atoms with Gasteiger partial charge in [0.2, 0.25) is 0 Å². The first-order valence-electron chi connectivity index (χ1n) is 9.51. The van der Waals surface area contributed by atoms with Crippen molar-refractivity contribution in [3.63, 3.8) is 0 Å². The maximum absolute atomic E-state index is 10.5. The first-order chi connectivity index (χ1) is 12.6. The van der Waals surface area contributed by atoms with Crippen LogP contribution in [0, 0.1) is 13.8 Å². The zero-order chi connectivity index (χ0) is 18.0. The van der Waals surface area contributed by atoms with E-state index < -0.39 is 0 Å². The number of aliphatic hydroxyl groups excluding tert-OH is 1. The smallest absolute Gasteiger partial charge is 0.122 e. The first-order valence-corrected chi connectivity index (χ1v) is 9.51. The lowest BCUT2D eigenvalue weighted by molar-refractivity contribution is 0.106. The molecule has 1 fully saturated rings. The Morgan fingerprint density at radius 3 is 2.62 bits per heavy atom. The number of hydrogen-bond acceptors (Lipinski definition) is 3. The molecule has 1 saturated heterocycles. The van der Waals surface area contributed by atoms with Gasteiger partial charge in [0, 0.05) is 19.1 Å². The molecule has 0 aliphatic carbocycles.